The van der Waals surface area contributed by atoms with Crippen molar-refractivity contribution in [2.24, 2.45) is 5.10 Å². The van der Waals surface area contributed by atoms with Crippen molar-refractivity contribution in [1.29, 1.82) is 0 Å². The Morgan fingerprint density at radius 2 is 1.79 bits per heavy atom. The molecule has 9 nitrogen and oxygen atoms in total. The molecule has 13 heteroatoms. The van der Waals surface area contributed by atoms with Crippen LogP contribution in [0.15, 0.2) is 77.0 Å². The molecule has 3 aromatic carbocycles. The van der Waals surface area contributed by atoms with Crippen molar-refractivity contribution in [2.45, 2.75) is 26.5 Å². The zero-order chi connectivity index (χ0) is 30.9. The van der Waals surface area contributed by atoms with Gasteiger partial charge in [-0.2, -0.15) is 5.10 Å². The number of hydrogen-bond donors (Lipinski definition) is 3. The fraction of sp³-hybridized carbons (Fsp3) is 0.200. The second kappa shape index (κ2) is 15.1. The van der Waals surface area contributed by atoms with E-state index in [1.165, 1.54) is 6.21 Å². The maximum absolute atomic E-state index is 12.8. The average molecular weight is 662 g/mol. The first kappa shape index (κ1) is 32.1. The Bertz CT molecular complexity index is 1600. The van der Waals surface area contributed by atoms with Crippen molar-refractivity contribution >= 4 is 70.2 Å². The number of allylic oxidation sites excluding steroid dienone is 1. The summed E-state index contributed by atoms with van der Waals surface area (Å²) in [4.78, 5) is 25.4. The van der Waals surface area contributed by atoms with E-state index >= 15 is 0 Å². The smallest absolute Gasteiger partial charge is 0.338 e. The molecule has 43 heavy (non-hydrogen) atoms. The summed E-state index contributed by atoms with van der Waals surface area (Å²) in [6.07, 6.45) is 1.37. The Kier molecular flexibility index (Phi) is 11.2. The van der Waals surface area contributed by atoms with Gasteiger partial charge in [0.1, 0.15) is 18.1 Å². The molecule has 0 aromatic heterocycles. The van der Waals surface area contributed by atoms with Crippen LogP contribution >= 0.6 is 47.0 Å². The minimum Gasteiger partial charge on any atom is -0.487 e. The van der Waals surface area contributed by atoms with E-state index < -0.39 is 17.9 Å². The van der Waals surface area contributed by atoms with Crippen LogP contribution in [-0.2, 0) is 20.9 Å². The van der Waals surface area contributed by atoms with Crippen molar-refractivity contribution in [3.8, 4) is 11.5 Å². The number of benzene rings is 3. The van der Waals surface area contributed by atoms with E-state index in [1.807, 2.05) is 18.2 Å². The number of halogens is 3. The van der Waals surface area contributed by atoms with Gasteiger partial charge in [0.05, 0.1) is 29.5 Å². The van der Waals surface area contributed by atoms with Crippen molar-refractivity contribution in [3.63, 3.8) is 0 Å². The van der Waals surface area contributed by atoms with E-state index in [4.69, 9.17) is 61.2 Å². The Morgan fingerprint density at radius 1 is 1.05 bits per heavy atom. The van der Waals surface area contributed by atoms with Crippen LogP contribution < -0.4 is 25.5 Å². The predicted molar refractivity (Wildman–Crippen MR) is 171 cm³/mol. The molecule has 1 aliphatic rings. The van der Waals surface area contributed by atoms with Crippen molar-refractivity contribution in [3.05, 3.63) is 104 Å². The zero-order valence-electron chi connectivity index (χ0n) is 23.1. The molecule has 3 aromatic rings. The number of hydrazone groups is 1. The molecule has 1 aliphatic heterocycles. The number of nitrogens with one attached hydrogen (secondary N) is 3. The number of amides is 1. The fourth-order valence-corrected chi connectivity index (χ4v) is 5.23. The molecule has 0 aliphatic carbocycles. The Labute approximate surface area is 269 Å². The summed E-state index contributed by atoms with van der Waals surface area (Å²) >= 11 is 24.1. The number of rotatable bonds is 11. The van der Waals surface area contributed by atoms with E-state index in [-0.39, 0.29) is 24.8 Å². The van der Waals surface area contributed by atoms with Crippen LogP contribution in [0.1, 0.15) is 36.6 Å². The van der Waals surface area contributed by atoms with Crippen LogP contribution in [0.5, 0.6) is 11.5 Å². The lowest BCUT2D eigenvalue weighted by Gasteiger charge is -2.30. The summed E-state index contributed by atoms with van der Waals surface area (Å²) < 4.78 is 17.0. The standard InChI is InChI=1S/C30H27Cl3N4O5S/c1-3-40-29(39)26-17(2)35-30(43)36-27(26)21-9-5-7-11-24(21)41-16-25(38)37-34-14-19-12-20(31)13-23(33)28(19)42-15-18-8-4-6-10-22(18)32/h4-14,27H,3,15-16H2,1-2H3,(H,37,38)(H2,35,36,43)/t27-/m1/s1. The van der Waals surface area contributed by atoms with Crippen LogP contribution in [0, 0.1) is 0 Å². The van der Waals surface area contributed by atoms with Gasteiger partial charge in [0.15, 0.2) is 11.7 Å². The highest BCUT2D eigenvalue weighted by Crippen LogP contribution is 2.34. The van der Waals surface area contributed by atoms with Crippen LogP contribution in [0.25, 0.3) is 0 Å². The Morgan fingerprint density at radius 3 is 2.56 bits per heavy atom. The normalized spacial score (nSPS) is 14.6. The number of para-hydroxylation sites is 1. The van der Waals surface area contributed by atoms with Gasteiger partial charge in [0.25, 0.3) is 5.91 Å². The van der Waals surface area contributed by atoms with Crippen LogP contribution in [0.2, 0.25) is 15.1 Å². The van der Waals surface area contributed by atoms with Crippen molar-refractivity contribution in [2.75, 3.05) is 13.2 Å². The highest BCUT2D eigenvalue weighted by molar-refractivity contribution is 7.80. The molecule has 4 rings (SSSR count). The fourth-order valence-electron chi connectivity index (χ4n) is 4.20. The molecular formula is C30H27Cl3N4O5S. The van der Waals surface area contributed by atoms with Crippen LogP contribution in [0.4, 0.5) is 0 Å². The third-order valence-corrected chi connectivity index (χ3v) is 7.20. The molecule has 0 spiro atoms. The van der Waals surface area contributed by atoms with Gasteiger partial charge < -0.3 is 24.8 Å². The molecule has 0 fully saturated rings. The van der Waals surface area contributed by atoms with Gasteiger partial charge in [0, 0.05) is 32.4 Å². The first-order valence-corrected chi connectivity index (χ1v) is 14.6. The summed E-state index contributed by atoms with van der Waals surface area (Å²) in [6, 6.07) is 16.8. The van der Waals surface area contributed by atoms with Crippen LogP contribution in [-0.4, -0.2) is 36.4 Å². The highest BCUT2D eigenvalue weighted by atomic mass is 35.5. The second-order valence-corrected chi connectivity index (χ2v) is 10.8. The topological polar surface area (TPSA) is 110 Å². The van der Waals surface area contributed by atoms with Gasteiger partial charge in [0.2, 0.25) is 0 Å². The van der Waals surface area contributed by atoms with Gasteiger partial charge in [-0.25, -0.2) is 10.2 Å². The molecule has 1 atom stereocenters. The average Bonchev–Trinajstić information content (AvgIpc) is 2.96. The zero-order valence-corrected chi connectivity index (χ0v) is 26.2. The predicted octanol–water partition coefficient (Wildman–Crippen LogP) is 6.11. The maximum Gasteiger partial charge on any atom is 0.338 e. The lowest BCUT2D eigenvalue weighted by atomic mass is 9.95. The molecule has 0 saturated heterocycles. The van der Waals surface area contributed by atoms with Crippen molar-refractivity contribution < 1.29 is 23.8 Å². The molecule has 0 radical (unpaired) electrons. The minimum absolute atomic E-state index is 0.157. The van der Waals surface area contributed by atoms with E-state index in [0.29, 0.717) is 49.1 Å². The number of nitrogens with zero attached hydrogens (tertiary/aromatic N) is 1. The third-order valence-electron chi connectivity index (χ3n) is 6.11. The Balaban J connectivity index is 1.44. The molecular weight excluding hydrogens is 635 g/mol. The maximum atomic E-state index is 12.8. The lowest BCUT2D eigenvalue weighted by Crippen LogP contribution is -2.45. The second-order valence-electron chi connectivity index (χ2n) is 9.10. The van der Waals surface area contributed by atoms with Crippen molar-refractivity contribution in [1.82, 2.24) is 16.1 Å². The largest absolute Gasteiger partial charge is 0.487 e. The SMILES string of the molecule is CCOC(=O)C1=C(C)NC(=S)N[C@@H]1c1ccccc1OCC(=O)NN=Cc1cc(Cl)cc(Cl)c1OCc1ccccc1Cl. The minimum atomic E-state index is -0.651. The number of carbonyl (C=O) groups excluding carboxylic acids is 2. The van der Waals surface area contributed by atoms with E-state index in [2.05, 4.69) is 21.2 Å². The van der Waals surface area contributed by atoms with E-state index in [9.17, 15) is 9.59 Å². The lowest BCUT2D eigenvalue weighted by molar-refractivity contribution is -0.139. The molecule has 0 bridgehead atoms. The number of thiocarbonyl (C=S) groups is 1. The molecule has 0 unspecified atom stereocenters. The first-order chi connectivity index (χ1) is 20.7. The molecule has 224 valence electrons. The van der Waals surface area contributed by atoms with Gasteiger partial charge >= 0.3 is 5.97 Å². The van der Waals surface area contributed by atoms with E-state index in [0.717, 1.165) is 5.56 Å². The first-order valence-electron chi connectivity index (χ1n) is 13.0. The molecule has 1 amide bonds. The number of hydrogen-bond acceptors (Lipinski definition) is 7. The van der Waals surface area contributed by atoms with E-state index in [1.54, 1.807) is 56.3 Å². The molecule has 3 N–H and O–H groups in total. The number of esters is 1. The summed E-state index contributed by atoms with van der Waals surface area (Å²) in [5, 5.41) is 11.6. The number of carbonyl (C=O) groups is 2. The van der Waals surface area contributed by atoms with Gasteiger partial charge in [-0.3, -0.25) is 4.79 Å². The quantitative estimate of drug-likeness (QED) is 0.0978. The monoisotopic (exact) mass is 660 g/mol. The summed E-state index contributed by atoms with van der Waals surface area (Å²) in [5.74, 6) is -0.341. The molecule has 1 heterocycles. The summed E-state index contributed by atoms with van der Waals surface area (Å²) in [7, 11) is 0. The molecule has 0 saturated carbocycles. The number of ether oxygens (including phenoxy) is 3. The third kappa shape index (κ3) is 8.39. The van der Waals surface area contributed by atoms with Gasteiger partial charge in [-0.15, -0.1) is 0 Å². The van der Waals surface area contributed by atoms with Gasteiger partial charge in [-0.1, -0.05) is 71.2 Å². The Hall–Kier alpha value is -3.83. The summed E-state index contributed by atoms with van der Waals surface area (Å²) in [6.45, 7) is 3.46. The summed E-state index contributed by atoms with van der Waals surface area (Å²) in [5.41, 5.74) is 5.14. The van der Waals surface area contributed by atoms with Crippen LogP contribution in [0.3, 0.4) is 0 Å². The highest BCUT2D eigenvalue weighted by Gasteiger charge is 2.32. The van der Waals surface area contributed by atoms with Gasteiger partial charge in [-0.05, 0) is 50.3 Å².